The number of nitrogens with zero attached hydrogens (tertiary/aromatic N) is 2. The smallest absolute Gasteiger partial charge is 0.249 e. The molecule has 0 unspecified atom stereocenters. The molecule has 0 spiro atoms. The van der Waals surface area contributed by atoms with Crippen LogP contribution in [-0.2, 0) is 16.1 Å². The molecule has 2 aliphatic heterocycles. The number of rotatable bonds is 7. The van der Waals surface area contributed by atoms with Gasteiger partial charge in [-0.2, -0.15) is 0 Å². The molecule has 4 rings (SSSR count). The van der Waals surface area contributed by atoms with Crippen molar-refractivity contribution in [3.05, 3.63) is 59.7 Å². The van der Waals surface area contributed by atoms with Crippen LogP contribution in [-0.4, -0.2) is 48.7 Å². The SMILES string of the molecule is COc1cccc(CN2CCC[C@H]([C@H](NC(=O)[C@H]3CCCO3)c3ccccn3)C2)c1F. The zero-order valence-corrected chi connectivity index (χ0v) is 17.9. The van der Waals surface area contributed by atoms with E-state index < -0.39 is 0 Å². The molecule has 3 heterocycles. The van der Waals surface area contributed by atoms with E-state index in [-0.39, 0.29) is 35.5 Å². The van der Waals surface area contributed by atoms with Crippen LogP contribution in [0.4, 0.5) is 4.39 Å². The first kappa shape index (κ1) is 21.7. The molecule has 2 aromatic rings. The minimum atomic E-state index is -0.378. The van der Waals surface area contributed by atoms with E-state index in [0.717, 1.165) is 44.5 Å². The molecule has 2 aliphatic rings. The average Bonchev–Trinajstić information content (AvgIpc) is 3.35. The lowest BCUT2D eigenvalue weighted by molar-refractivity contribution is -0.131. The molecule has 0 saturated carbocycles. The zero-order valence-electron chi connectivity index (χ0n) is 17.9. The fraction of sp³-hybridized carbons (Fsp3) is 0.500. The number of hydrogen-bond acceptors (Lipinski definition) is 5. The number of ether oxygens (including phenoxy) is 2. The third kappa shape index (κ3) is 5.22. The lowest BCUT2D eigenvalue weighted by Gasteiger charge is -2.37. The van der Waals surface area contributed by atoms with Crippen LogP contribution in [0.15, 0.2) is 42.6 Å². The summed E-state index contributed by atoms with van der Waals surface area (Å²) in [6.07, 6.45) is 5.01. The first-order valence-corrected chi connectivity index (χ1v) is 11.0. The van der Waals surface area contributed by atoms with Gasteiger partial charge in [0.1, 0.15) is 6.10 Å². The van der Waals surface area contributed by atoms with Crippen molar-refractivity contribution in [3.8, 4) is 5.75 Å². The highest BCUT2D eigenvalue weighted by atomic mass is 19.1. The number of hydrogen-bond donors (Lipinski definition) is 1. The molecule has 1 aromatic carbocycles. The first-order valence-electron chi connectivity index (χ1n) is 11.0. The summed E-state index contributed by atoms with van der Waals surface area (Å²) in [7, 11) is 1.48. The topological polar surface area (TPSA) is 63.7 Å². The van der Waals surface area contributed by atoms with Gasteiger partial charge in [-0.05, 0) is 56.3 Å². The fourth-order valence-electron chi connectivity index (χ4n) is 4.61. The summed E-state index contributed by atoms with van der Waals surface area (Å²) in [6.45, 7) is 2.79. The van der Waals surface area contributed by atoms with Gasteiger partial charge in [-0.1, -0.05) is 18.2 Å². The van der Waals surface area contributed by atoms with Gasteiger partial charge < -0.3 is 14.8 Å². The van der Waals surface area contributed by atoms with Crippen molar-refractivity contribution in [2.45, 2.75) is 44.4 Å². The molecule has 2 fully saturated rings. The van der Waals surface area contributed by atoms with Crippen molar-refractivity contribution >= 4 is 5.91 Å². The largest absolute Gasteiger partial charge is 0.494 e. The number of nitrogens with one attached hydrogen (secondary N) is 1. The Morgan fingerprint density at radius 2 is 2.19 bits per heavy atom. The molecule has 1 N–H and O–H groups in total. The minimum Gasteiger partial charge on any atom is -0.494 e. The van der Waals surface area contributed by atoms with Crippen LogP contribution in [0.25, 0.3) is 0 Å². The van der Waals surface area contributed by atoms with Gasteiger partial charge in [0.15, 0.2) is 11.6 Å². The quantitative estimate of drug-likeness (QED) is 0.733. The molecule has 2 saturated heterocycles. The van der Waals surface area contributed by atoms with Crippen molar-refractivity contribution in [2.24, 2.45) is 5.92 Å². The van der Waals surface area contributed by atoms with Crippen molar-refractivity contribution in [1.82, 2.24) is 15.2 Å². The molecule has 1 amide bonds. The van der Waals surface area contributed by atoms with E-state index in [0.29, 0.717) is 18.7 Å². The average molecular weight is 428 g/mol. The van der Waals surface area contributed by atoms with Crippen molar-refractivity contribution < 1.29 is 18.7 Å². The van der Waals surface area contributed by atoms with Crippen LogP contribution in [0.3, 0.4) is 0 Å². The maximum atomic E-state index is 14.7. The lowest BCUT2D eigenvalue weighted by Crippen LogP contribution is -2.45. The van der Waals surface area contributed by atoms with Crippen LogP contribution in [0.1, 0.15) is 43.0 Å². The summed E-state index contributed by atoms with van der Waals surface area (Å²) >= 11 is 0. The summed E-state index contributed by atoms with van der Waals surface area (Å²) in [4.78, 5) is 19.6. The predicted molar refractivity (Wildman–Crippen MR) is 115 cm³/mol. The van der Waals surface area contributed by atoms with Crippen LogP contribution < -0.4 is 10.1 Å². The van der Waals surface area contributed by atoms with E-state index in [2.05, 4.69) is 15.2 Å². The number of aromatic nitrogens is 1. The number of amides is 1. The van der Waals surface area contributed by atoms with Gasteiger partial charge in [0.25, 0.3) is 0 Å². The van der Waals surface area contributed by atoms with E-state index in [9.17, 15) is 9.18 Å². The second-order valence-electron chi connectivity index (χ2n) is 8.31. The van der Waals surface area contributed by atoms with Gasteiger partial charge >= 0.3 is 0 Å². The molecule has 6 nitrogen and oxygen atoms in total. The highest BCUT2D eigenvalue weighted by molar-refractivity contribution is 5.81. The number of carbonyl (C=O) groups is 1. The summed E-state index contributed by atoms with van der Waals surface area (Å²) < 4.78 is 25.4. The Morgan fingerprint density at radius 1 is 1.29 bits per heavy atom. The molecule has 1 aromatic heterocycles. The summed E-state index contributed by atoms with van der Waals surface area (Å²) in [5.74, 6) is 0.0770. The summed E-state index contributed by atoms with van der Waals surface area (Å²) in [5.41, 5.74) is 1.48. The number of carbonyl (C=O) groups excluding carboxylic acids is 1. The Kier molecular flexibility index (Phi) is 7.14. The van der Waals surface area contributed by atoms with Gasteiger partial charge in [-0.25, -0.2) is 4.39 Å². The van der Waals surface area contributed by atoms with Crippen LogP contribution >= 0.6 is 0 Å². The highest BCUT2D eigenvalue weighted by Crippen LogP contribution is 2.31. The molecular weight excluding hydrogens is 397 g/mol. The third-order valence-corrected chi connectivity index (χ3v) is 6.20. The number of piperidine rings is 1. The molecule has 7 heteroatoms. The van der Waals surface area contributed by atoms with E-state index in [1.165, 1.54) is 7.11 Å². The Bertz CT molecular complexity index is 874. The number of halogens is 1. The Labute approximate surface area is 182 Å². The predicted octanol–water partition coefficient (Wildman–Crippen LogP) is 3.48. The molecule has 0 aliphatic carbocycles. The monoisotopic (exact) mass is 427 g/mol. The van der Waals surface area contributed by atoms with E-state index in [1.54, 1.807) is 18.3 Å². The van der Waals surface area contributed by atoms with Gasteiger partial charge in [0, 0.05) is 31.5 Å². The second-order valence-corrected chi connectivity index (χ2v) is 8.31. The number of pyridine rings is 1. The Balaban J connectivity index is 1.49. The molecular formula is C24H30FN3O3. The number of likely N-dealkylation sites (tertiary alicyclic amines) is 1. The zero-order chi connectivity index (χ0) is 21.6. The second kappa shape index (κ2) is 10.2. The third-order valence-electron chi connectivity index (χ3n) is 6.20. The van der Waals surface area contributed by atoms with E-state index in [1.807, 2.05) is 24.3 Å². The fourth-order valence-corrected chi connectivity index (χ4v) is 4.61. The molecule has 3 atom stereocenters. The van der Waals surface area contributed by atoms with Crippen molar-refractivity contribution in [3.63, 3.8) is 0 Å². The van der Waals surface area contributed by atoms with E-state index >= 15 is 0 Å². The molecule has 0 radical (unpaired) electrons. The molecule has 31 heavy (non-hydrogen) atoms. The minimum absolute atomic E-state index is 0.0656. The lowest BCUT2D eigenvalue weighted by atomic mass is 9.88. The Morgan fingerprint density at radius 3 is 2.94 bits per heavy atom. The maximum absolute atomic E-state index is 14.7. The van der Waals surface area contributed by atoms with Crippen LogP contribution in [0.2, 0.25) is 0 Å². The van der Waals surface area contributed by atoms with Gasteiger partial charge in [-0.15, -0.1) is 0 Å². The van der Waals surface area contributed by atoms with Gasteiger partial charge in [-0.3, -0.25) is 14.7 Å². The molecule has 166 valence electrons. The standard InChI is InChI=1S/C24H30FN3O3/c1-30-20-10-4-7-17(22(20)25)15-28-13-5-8-18(16-28)23(19-9-2-3-12-26-19)27-24(29)21-11-6-14-31-21/h2-4,7,9-10,12,18,21,23H,5-6,8,11,13-16H2,1H3,(H,27,29)/t18-,21+,23-/m0/s1. The van der Waals surface area contributed by atoms with Gasteiger partial charge in [0.05, 0.1) is 18.8 Å². The summed E-state index contributed by atoms with van der Waals surface area (Å²) in [6, 6.07) is 10.8. The van der Waals surface area contributed by atoms with Crippen molar-refractivity contribution in [2.75, 3.05) is 26.8 Å². The summed E-state index contributed by atoms with van der Waals surface area (Å²) in [5, 5.41) is 3.21. The van der Waals surface area contributed by atoms with Gasteiger partial charge in [0.2, 0.25) is 5.91 Å². The van der Waals surface area contributed by atoms with Crippen LogP contribution in [0.5, 0.6) is 5.75 Å². The number of benzene rings is 1. The normalized spacial score (nSPS) is 22.8. The molecule has 0 bridgehead atoms. The highest BCUT2D eigenvalue weighted by Gasteiger charge is 2.33. The Hall–Kier alpha value is -2.51. The van der Waals surface area contributed by atoms with E-state index in [4.69, 9.17) is 9.47 Å². The van der Waals surface area contributed by atoms with Crippen molar-refractivity contribution in [1.29, 1.82) is 0 Å². The first-order chi connectivity index (χ1) is 15.2. The maximum Gasteiger partial charge on any atom is 0.249 e. The van der Waals surface area contributed by atoms with Crippen LogP contribution in [0, 0.1) is 11.7 Å². The number of methoxy groups -OCH3 is 1.